The van der Waals surface area contributed by atoms with Crippen LogP contribution in [0, 0.1) is 0 Å². The van der Waals surface area contributed by atoms with Crippen LogP contribution in [0.15, 0.2) is 52.5 Å². The SMILES string of the molecule is CC(C)(C)OC(=O)N1CCN(CCNC(=O)C2=C(C(=O)Nc3ccc(Cl)cc3)Cc3cc(Br)ccc32)CC1. The maximum absolute atomic E-state index is 13.4. The average Bonchev–Trinajstić information content (AvgIpc) is 3.23. The Morgan fingerprint density at radius 3 is 2.34 bits per heavy atom. The van der Waals surface area contributed by atoms with Crippen LogP contribution in [0.4, 0.5) is 10.5 Å². The lowest BCUT2D eigenvalue weighted by Crippen LogP contribution is -2.51. The monoisotopic (exact) mass is 602 g/mol. The topological polar surface area (TPSA) is 91.0 Å². The van der Waals surface area contributed by atoms with Crippen LogP contribution in [0.5, 0.6) is 0 Å². The van der Waals surface area contributed by atoms with Crippen LogP contribution in [0.2, 0.25) is 5.02 Å². The first-order valence-electron chi connectivity index (χ1n) is 12.6. The summed E-state index contributed by atoms with van der Waals surface area (Å²) in [4.78, 5) is 42.8. The highest BCUT2D eigenvalue weighted by Crippen LogP contribution is 2.35. The highest BCUT2D eigenvalue weighted by atomic mass is 79.9. The van der Waals surface area contributed by atoms with Crippen LogP contribution < -0.4 is 10.6 Å². The van der Waals surface area contributed by atoms with Crippen molar-refractivity contribution in [2.24, 2.45) is 0 Å². The van der Waals surface area contributed by atoms with Crippen molar-refractivity contribution in [2.75, 3.05) is 44.6 Å². The number of anilines is 1. The van der Waals surface area contributed by atoms with E-state index in [9.17, 15) is 14.4 Å². The zero-order valence-electron chi connectivity index (χ0n) is 21.8. The first kappa shape index (κ1) is 28.1. The molecule has 0 unspecified atom stereocenters. The fourth-order valence-electron chi connectivity index (χ4n) is 4.48. The van der Waals surface area contributed by atoms with Gasteiger partial charge in [0.05, 0.1) is 5.57 Å². The minimum absolute atomic E-state index is 0.278. The zero-order valence-corrected chi connectivity index (χ0v) is 24.1. The van der Waals surface area contributed by atoms with Crippen molar-refractivity contribution in [1.82, 2.24) is 15.1 Å². The summed E-state index contributed by atoms with van der Waals surface area (Å²) in [6.45, 7) is 9.17. The molecule has 2 aromatic rings. The molecular weight excluding hydrogens is 572 g/mol. The number of halogens is 2. The molecule has 1 aliphatic heterocycles. The second-order valence-corrected chi connectivity index (χ2v) is 11.7. The van der Waals surface area contributed by atoms with Crippen molar-refractivity contribution in [3.63, 3.8) is 0 Å². The number of carbonyl (C=O) groups is 3. The molecule has 10 heteroatoms. The second kappa shape index (κ2) is 11.9. The summed E-state index contributed by atoms with van der Waals surface area (Å²) in [6.07, 6.45) is 0.0668. The number of hydrogen-bond acceptors (Lipinski definition) is 5. The fourth-order valence-corrected chi connectivity index (χ4v) is 5.02. The Balaban J connectivity index is 1.37. The number of benzene rings is 2. The van der Waals surface area contributed by atoms with Gasteiger partial charge in [0.15, 0.2) is 0 Å². The van der Waals surface area contributed by atoms with Gasteiger partial charge in [-0.05, 0) is 68.3 Å². The molecule has 0 spiro atoms. The molecule has 0 saturated carbocycles. The molecule has 3 amide bonds. The minimum atomic E-state index is -0.521. The smallest absolute Gasteiger partial charge is 0.410 e. The number of nitrogens with one attached hydrogen (secondary N) is 2. The van der Waals surface area contributed by atoms with E-state index in [0.717, 1.165) is 15.6 Å². The van der Waals surface area contributed by atoms with Gasteiger partial charge in [-0.15, -0.1) is 0 Å². The second-order valence-electron chi connectivity index (χ2n) is 10.4. The van der Waals surface area contributed by atoms with Crippen molar-refractivity contribution in [1.29, 1.82) is 0 Å². The van der Waals surface area contributed by atoms with E-state index >= 15 is 0 Å². The Bertz CT molecular complexity index is 1250. The lowest BCUT2D eigenvalue weighted by atomic mass is 10.0. The summed E-state index contributed by atoms with van der Waals surface area (Å²) in [6, 6.07) is 12.5. The van der Waals surface area contributed by atoms with E-state index in [1.54, 1.807) is 29.2 Å². The summed E-state index contributed by atoms with van der Waals surface area (Å²) in [5, 5.41) is 6.45. The molecule has 1 fully saturated rings. The standard InChI is InChI=1S/C28H32BrClN4O4/c1-28(2,3)38-27(37)34-14-12-33(13-15-34)11-10-31-26(36)24-22-9-4-19(29)16-18(22)17-23(24)25(35)32-21-7-5-20(30)6-8-21/h4-9,16H,10-15,17H2,1-3H3,(H,31,36)(H,32,35). The van der Waals surface area contributed by atoms with Crippen molar-refractivity contribution in [3.8, 4) is 0 Å². The maximum Gasteiger partial charge on any atom is 0.410 e. The first-order chi connectivity index (χ1) is 18.0. The molecule has 8 nitrogen and oxygen atoms in total. The largest absolute Gasteiger partial charge is 0.444 e. The van der Waals surface area contributed by atoms with Crippen molar-refractivity contribution in [3.05, 3.63) is 68.7 Å². The Kier molecular flexibility index (Phi) is 8.80. The molecule has 38 heavy (non-hydrogen) atoms. The molecule has 0 radical (unpaired) electrons. The van der Waals surface area contributed by atoms with Crippen molar-refractivity contribution >= 4 is 56.7 Å². The van der Waals surface area contributed by atoms with Gasteiger partial charge in [-0.25, -0.2) is 4.79 Å². The first-order valence-corrected chi connectivity index (χ1v) is 13.7. The highest BCUT2D eigenvalue weighted by Gasteiger charge is 2.31. The zero-order chi connectivity index (χ0) is 27.4. The molecule has 2 aromatic carbocycles. The molecule has 4 rings (SSSR count). The van der Waals surface area contributed by atoms with Gasteiger partial charge in [-0.3, -0.25) is 14.5 Å². The predicted octanol–water partition coefficient (Wildman–Crippen LogP) is 4.72. The van der Waals surface area contributed by atoms with Crippen LogP contribution in [0.3, 0.4) is 0 Å². The lowest BCUT2D eigenvalue weighted by Gasteiger charge is -2.35. The van der Waals surface area contributed by atoms with Gasteiger partial charge in [-0.1, -0.05) is 33.6 Å². The third kappa shape index (κ3) is 7.15. The van der Waals surface area contributed by atoms with Crippen LogP contribution in [-0.4, -0.2) is 72.6 Å². The van der Waals surface area contributed by atoms with E-state index in [0.29, 0.717) is 67.5 Å². The van der Waals surface area contributed by atoms with E-state index in [-0.39, 0.29) is 17.9 Å². The van der Waals surface area contributed by atoms with Gasteiger partial charge in [0.25, 0.3) is 11.8 Å². The maximum atomic E-state index is 13.4. The highest BCUT2D eigenvalue weighted by molar-refractivity contribution is 9.10. The normalized spacial score (nSPS) is 15.8. The number of nitrogens with zero attached hydrogens (tertiary/aromatic N) is 2. The summed E-state index contributed by atoms with van der Waals surface area (Å²) in [5.74, 6) is -0.595. The molecule has 202 valence electrons. The number of rotatable bonds is 6. The molecular formula is C28H32BrClN4O4. The van der Waals surface area contributed by atoms with Gasteiger partial charge in [0.1, 0.15) is 5.60 Å². The average molecular weight is 604 g/mol. The Hall–Kier alpha value is -2.88. The van der Waals surface area contributed by atoms with E-state index in [1.165, 1.54) is 0 Å². The quantitative estimate of drug-likeness (QED) is 0.499. The molecule has 2 aliphatic rings. The van der Waals surface area contributed by atoms with Crippen LogP contribution >= 0.6 is 27.5 Å². The predicted molar refractivity (Wildman–Crippen MR) is 152 cm³/mol. The summed E-state index contributed by atoms with van der Waals surface area (Å²) >= 11 is 9.44. The molecule has 1 aliphatic carbocycles. The van der Waals surface area contributed by atoms with Crippen molar-refractivity contribution in [2.45, 2.75) is 32.8 Å². The van der Waals surface area contributed by atoms with Gasteiger partial charge in [-0.2, -0.15) is 0 Å². The van der Waals surface area contributed by atoms with Crippen LogP contribution in [0.25, 0.3) is 5.57 Å². The molecule has 2 N–H and O–H groups in total. The Labute approximate surface area is 236 Å². The molecule has 0 aromatic heterocycles. The summed E-state index contributed by atoms with van der Waals surface area (Å²) in [5.41, 5.74) is 2.59. The molecule has 0 atom stereocenters. The van der Waals surface area contributed by atoms with Gasteiger partial charge in [0.2, 0.25) is 0 Å². The van der Waals surface area contributed by atoms with E-state index < -0.39 is 5.60 Å². The molecule has 1 saturated heterocycles. The molecule has 1 heterocycles. The van der Waals surface area contributed by atoms with E-state index in [4.69, 9.17) is 16.3 Å². The number of ether oxygens (including phenoxy) is 1. The minimum Gasteiger partial charge on any atom is -0.444 e. The number of carbonyl (C=O) groups excluding carboxylic acids is 3. The number of piperazine rings is 1. The lowest BCUT2D eigenvalue weighted by molar-refractivity contribution is -0.116. The van der Waals surface area contributed by atoms with E-state index in [2.05, 4.69) is 31.5 Å². The third-order valence-electron chi connectivity index (χ3n) is 6.35. The van der Waals surface area contributed by atoms with Crippen LogP contribution in [-0.2, 0) is 20.7 Å². The van der Waals surface area contributed by atoms with Crippen molar-refractivity contribution < 1.29 is 19.1 Å². The molecule has 0 bridgehead atoms. The summed E-state index contributed by atoms with van der Waals surface area (Å²) in [7, 11) is 0. The number of amides is 3. The van der Waals surface area contributed by atoms with Crippen LogP contribution in [0.1, 0.15) is 31.9 Å². The van der Waals surface area contributed by atoms with Gasteiger partial charge < -0.3 is 20.3 Å². The number of fused-ring (bicyclic) bond motifs is 1. The van der Waals surface area contributed by atoms with E-state index in [1.807, 2.05) is 39.0 Å². The van der Waals surface area contributed by atoms with Gasteiger partial charge in [0, 0.05) is 66.4 Å². The Morgan fingerprint density at radius 2 is 1.68 bits per heavy atom. The van der Waals surface area contributed by atoms with Gasteiger partial charge >= 0.3 is 6.09 Å². The Morgan fingerprint density at radius 1 is 1.00 bits per heavy atom. The fraction of sp³-hybridized carbons (Fsp3) is 0.393. The third-order valence-corrected chi connectivity index (χ3v) is 7.09. The summed E-state index contributed by atoms with van der Waals surface area (Å²) < 4.78 is 6.34. The number of hydrogen-bond donors (Lipinski definition) is 2.